The smallest absolute Gasteiger partial charge is 0.275 e. The van der Waals surface area contributed by atoms with Gasteiger partial charge in [-0.25, -0.2) is 4.98 Å². The van der Waals surface area contributed by atoms with E-state index in [0.29, 0.717) is 23.7 Å². The highest BCUT2D eigenvalue weighted by atomic mass is 16.2. The fourth-order valence-electron chi connectivity index (χ4n) is 4.12. The number of rotatable bonds is 4. The Kier molecular flexibility index (Phi) is 4.93. The Morgan fingerprint density at radius 3 is 2.69 bits per heavy atom. The molecule has 5 rings (SSSR count). The van der Waals surface area contributed by atoms with Gasteiger partial charge in [-0.1, -0.05) is 30.3 Å². The molecule has 1 aliphatic rings. The van der Waals surface area contributed by atoms with Gasteiger partial charge in [-0.2, -0.15) is 10.1 Å². The SMILES string of the molecule is CC1CCCN1C(=O)c1cnn(C)c1C(=O)Nc1ccn2cc(-c3ccccc3)nc2n1. The van der Waals surface area contributed by atoms with E-state index in [1.807, 2.05) is 43.5 Å². The summed E-state index contributed by atoms with van der Waals surface area (Å²) in [7, 11) is 1.65. The molecule has 1 fully saturated rings. The number of fused-ring (bicyclic) bond motifs is 1. The number of hydrogen-bond acceptors (Lipinski definition) is 5. The second kappa shape index (κ2) is 7.92. The number of carbonyl (C=O) groups is 2. The summed E-state index contributed by atoms with van der Waals surface area (Å²) >= 11 is 0. The molecule has 0 saturated carbocycles. The fraction of sp³-hybridized carbons (Fsp3) is 0.261. The van der Waals surface area contributed by atoms with Crippen molar-refractivity contribution in [1.82, 2.24) is 29.0 Å². The number of carbonyl (C=O) groups excluding carboxylic acids is 2. The van der Waals surface area contributed by atoms with Crippen LogP contribution in [-0.2, 0) is 7.05 Å². The van der Waals surface area contributed by atoms with Crippen LogP contribution in [0.4, 0.5) is 5.82 Å². The van der Waals surface area contributed by atoms with E-state index in [-0.39, 0.29) is 17.6 Å². The molecule has 1 aromatic carbocycles. The molecule has 9 heteroatoms. The van der Waals surface area contributed by atoms with E-state index < -0.39 is 5.91 Å². The van der Waals surface area contributed by atoms with E-state index in [2.05, 4.69) is 20.4 Å². The molecular weight excluding hydrogens is 406 g/mol. The number of amides is 2. The van der Waals surface area contributed by atoms with Gasteiger partial charge in [0.2, 0.25) is 5.78 Å². The Bertz CT molecular complexity index is 1310. The van der Waals surface area contributed by atoms with Crippen LogP contribution in [-0.4, -0.2) is 53.5 Å². The van der Waals surface area contributed by atoms with Crippen LogP contribution in [0.2, 0.25) is 0 Å². The highest BCUT2D eigenvalue weighted by molar-refractivity contribution is 6.10. The van der Waals surface area contributed by atoms with Crippen molar-refractivity contribution in [2.24, 2.45) is 7.05 Å². The first-order valence-electron chi connectivity index (χ1n) is 10.6. The molecule has 0 aliphatic carbocycles. The minimum absolute atomic E-state index is 0.155. The number of aryl methyl sites for hydroxylation is 1. The zero-order chi connectivity index (χ0) is 22.2. The average Bonchev–Trinajstić information content (AvgIpc) is 3.51. The third kappa shape index (κ3) is 3.51. The fourth-order valence-corrected chi connectivity index (χ4v) is 4.12. The zero-order valence-electron chi connectivity index (χ0n) is 17.9. The van der Waals surface area contributed by atoms with Gasteiger partial charge >= 0.3 is 0 Å². The maximum atomic E-state index is 13.1. The Hall–Kier alpha value is -4.01. The molecule has 1 atom stereocenters. The molecule has 2 amide bonds. The highest BCUT2D eigenvalue weighted by Crippen LogP contribution is 2.22. The number of nitrogens with zero attached hydrogens (tertiary/aromatic N) is 6. The van der Waals surface area contributed by atoms with Crippen LogP contribution in [0, 0.1) is 0 Å². The maximum Gasteiger partial charge on any atom is 0.275 e. The lowest BCUT2D eigenvalue weighted by Crippen LogP contribution is -2.35. The number of likely N-dealkylation sites (tertiary alicyclic amines) is 1. The van der Waals surface area contributed by atoms with Crippen LogP contribution in [0.15, 0.2) is 55.0 Å². The van der Waals surface area contributed by atoms with Gasteiger partial charge in [0.15, 0.2) is 0 Å². The quantitative estimate of drug-likeness (QED) is 0.538. The standard InChI is InChI=1S/C23H23N7O2/c1-15-7-6-11-30(15)22(32)17-13-24-28(2)20(17)21(31)26-19-10-12-29-14-18(25-23(29)27-19)16-8-4-3-5-9-16/h3-5,8-10,12-15H,6-7,11H2,1-2H3,(H,25,26,27,31). The summed E-state index contributed by atoms with van der Waals surface area (Å²) in [5.41, 5.74) is 2.29. The third-order valence-corrected chi connectivity index (χ3v) is 5.84. The molecule has 4 aromatic rings. The van der Waals surface area contributed by atoms with Crippen molar-refractivity contribution in [3.63, 3.8) is 0 Å². The van der Waals surface area contributed by atoms with Gasteiger partial charge in [0, 0.05) is 37.6 Å². The molecule has 9 nitrogen and oxygen atoms in total. The lowest BCUT2D eigenvalue weighted by Gasteiger charge is -2.21. The van der Waals surface area contributed by atoms with Crippen molar-refractivity contribution in [1.29, 1.82) is 0 Å². The van der Waals surface area contributed by atoms with Crippen molar-refractivity contribution in [2.75, 3.05) is 11.9 Å². The number of hydrogen-bond donors (Lipinski definition) is 1. The van der Waals surface area contributed by atoms with Crippen LogP contribution in [0.1, 0.15) is 40.6 Å². The molecule has 0 spiro atoms. The van der Waals surface area contributed by atoms with Gasteiger partial charge < -0.3 is 10.2 Å². The molecule has 1 N–H and O–H groups in total. The molecule has 32 heavy (non-hydrogen) atoms. The number of aromatic nitrogens is 5. The van der Waals surface area contributed by atoms with Gasteiger partial charge in [0.1, 0.15) is 11.5 Å². The number of benzene rings is 1. The summed E-state index contributed by atoms with van der Waals surface area (Å²) in [4.78, 5) is 36.9. The van der Waals surface area contributed by atoms with Crippen LogP contribution >= 0.6 is 0 Å². The lowest BCUT2D eigenvalue weighted by atomic mass is 10.2. The zero-order valence-corrected chi connectivity index (χ0v) is 17.9. The monoisotopic (exact) mass is 429 g/mol. The summed E-state index contributed by atoms with van der Waals surface area (Å²) in [5, 5.41) is 6.94. The van der Waals surface area contributed by atoms with Gasteiger partial charge in [0.05, 0.1) is 17.5 Å². The van der Waals surface area contributed by atoms with Crippen LogP contribution in [0.25, 0.3) is 17.0 Å². The molecule has 0 bridgehead atoms. The minimum atomic E-state index is -0.438. The van der Waals surface area contributed by atoms with Crippen LogP contribution < -0.4 is 5.32 Å². The van der Waals surface area contributed by atoms with Gasteiger partial charge in [-0.15, -0.1) is 0 Å². The van der Waals surface area contributed by atoms with Crippen molar-refractivity contribution in [2.45, 2.75) is 25.8 Å². The second-order valence-corrected chi connectivity index (χ2v) is 7.99. The summed E-state index contributed by atoms with van der Waals surface area (Å²) in [6.45, 7) is 2.71. The van der Waals surface area contributed by atoms with E-state index in [1.54, 1.807) is 28.6 Å². The van der Waals surface area contributed by atoms with Crippen molar-refractivity contribution < 1.29 is 9.59 Å². The summed E-state index contributed by atoms with van der Waals surface area (Å²) in [6.07, 6.45) is 7.07. The predicted molar refractivity (Wildman–Crippen MR) is 119 cm³/mol. The topological polar surface area (TPSA) is 97.4 Å². The van der Waals surface area contributed by atoms with Crippen molar-refractivity contribution in [3.8, 4) is 11.3 Å². The first kappa shape index (κ1) is 19.9. The van der Waals surface area contributed by atoms with Crippen LogP contribution in [0.3, 0.4) is 0 Å². The van der Waals surface area contributed by atoms with Crippen molar-refractivity contribution >= 4 is 23.4 Å². The summed E-state index contributed by atoms with van der Waals surface area (Å²) in [5.74, 6) is 0.208. The van der Waals surface area contributed by atoms with E-state index >= 15 is 0 Å². The first-order chi connectivity index (χ1) is 15.5. The first-order valence-corrected chi connectivity index (χ1v) is 10.6. The summed E-state index contributed by atoms with van der Waals surface area (Å²) < 4.78 is 3.22. The molecule has 162 valence electrons. The third-order valence-electron chi connectivity index (χ3n) is 5.84. The second-order valence-electron chi connectivity index (χ2n) is 7.99. The number of nitrogens with one attached hydrogen (secondary N) is 1. The molecule has 1 aliphatic heterocycles. The Morgan fingerprint density at radius 1 is 1.12 bits per heavy atom. The molecule has 1 saturated heterocycles. The normalized spacial score (nSPS) is 15.9. The predicted octanol–water partition coefficient (Wildman–Crippen LogP) is 3.01. The maximum absolute atomic E-state index is 13.1. The molecule has 0 radical (unpaired) electrons. The van der Waals surface area contributed by atoms with Crippen LogP contribution in [0.5, 0.6) is 0 Å². The van der Waals surface area contributed by atoms with Gasteiger partial charge in [-0.3, -0.25) is 18.7 Å². The number of imidazole rings is 1. The molecule has 3 aromatic heterocycles. The van der Waals surface area contributed by atoms with E-state index in [9.17, 15) is 9.59 Å². The lowest BCUT2D eigenvalue weighted by molar-refractivity contribution is 0.0742. The largest absolute Gasteiger partial charge is 0.336 e. The van der Waals surface area contributed by atoms with Crippen molar-refractivity contribution in [3.05, 3.63) is 66.2 Å². The van der Waals surface area contributed by atoms with E-state index in [4.69, 9.17) is 0 Å². The van der Waals surface area contributed by atoms with Gasteiger partial charge in [0.25, 0.3) is 11.8 Å². The minimum Gasteiger partial charge on any atom is -0.336 e. The van der Waals surface area contributed by atoms with E-state index in [0.717, 1.165) is 24.1 Å². The molecular formula is C23H23N7O2. The van der Waals surface area contributed by atoms with Gasteiger partial charge in [-0.05, 0) is 25.8 Å². The van der Waals surface area contributed by atoms with E-state index in [1.165, 1.54) is 10.9 Å². The Balaban J connectivity index is 1.41. The average molecular weight is 429 g/mol. The summed E-state index contributed by atoms with van der Waals surface area (Å²) in [6, 6.07) is 11.7. The number of anilines is 1. The highest BCUT2D eigenvalue weighted by Gasteiger charge is 2.31. The Morgan fingerprint density at radius 2 is 1.94 bits per heavy atom. The molecule has 1 unspecified atom stereocenters. The molecule has 4 heterocycles. The Labute approximate surface area is 184 Å².